The van der Waals surface area contributed by atoms with Crippen LogP contribution in [0.5, 0.6) is 0 Å². The molecular formula is C3H3F4O3S. The lowest BCUT2D eigenvalue weighted by molar-refractivity contribution is -0.148. The highest BCUT2D eigenvalue weighted by Gasteiger charge is 2.63. The molecule has 1 radical (unpaired) electrons. The van der Waals surface area contributed by atoms with Crippen LogP contribution in [0.3, 0.4) is 0 Å². The first-order chi connectivity index (χ1) is 4.50. The molecule has 0 aromatic carbocycles. The predicted molar refractivity (Wildman–Crippen MR) is 25.2 cm³/mol. The second-order valence-electron chi connectivity index (χ2n) is 1.86. The molecule has 0 unspecified atom stereocenters. The highest BCUT2D eigenvalue weighted by molar-refractivity contribution is 7.86. The fourth-order valence-corrected chi connectivity index (χ4v) is 0.658. The highest BCUT2D eigenvalue weighted by atomic mass is 32.2. The Balaban J connectivity index is 5.08. The standard InChI is InChI=1S/C3H3F4O3S/c1-2(4,5)3(6,7)11(8,9)10/h1H3. The SMILES string of the molecule is CC(F)(F)C(F)(F)S([O])(=O)=O. The van der Waals surface area contributed by atoms with E-state index in [4.69, 9.17) is 0 Å². The zero-order chi connectivity index (χ0) is 9.50. The van der Waals surface area contributed by atoms with Gasteiger partial charge < -0.3 is 0 Å². The third kappa shape index (κ3) is 1.80. The van der Waals surface area contributed by atoms with Crippen LogP contribution in [0.15, 0.2) is 0 Å². The summed E-state index contributed by atoms with van der Waals surface area (Å²) in [7, 11) is -6.29. The van der Waals surface area contributed by atoms with Crippen LogP contribution in [0.4, 0.5) is 17.6 Å². The zero-order valence-electron chi connectivity index (χ0n) is 5.14. The summed E-state index contributed by atoms with van der Waals surface area (Å²) < 4.78 is 75.5. The van der Waals surface area contributed by atoms with Crippen LogP contribution < -0.4 is 0 Å². The lowest BCUT2D eigenvalue weighted by Crippen LogP contribution is -2.43. The molecule has 0 aromatic rings. The summed E-state index contributed by atoms with van der Waals surface area (Å²) in [6.45, 7) is -0.345. The van der Waals surface area contributed by atoms with Crippen LogP contribution in [0.25, 0.3) is 0 Å². The van der Waals surface area contributed by atoms with Gasteiger partial charge in [0.05, 0.1) is 0 Å². The minimum Gasteiger partial charge on any atom is -0.199 e. The third-order valence-electron chi connectivity index (χ3n) is 0.825. The van der Waals surface area contributed by atoms with E-state index in [0.717, 1.165) is 0 Å². The van der Waals surface area contributed by atoms with Gasteiger partial charge in [-0.15, -0.1) is 0 Å². The van der Waals surface area contributed by atoms with E-state index in [1.54, 1.807) is 0 Å². The Kier molecular flexibility index (Phi) is 2.23. The highest BCUT2D eigenvalue weighted by Crippen LogP contribution is 2.37. The van der Waals surface area contributed by atoms with Gasteiger partial charge in [-0.05, 0) is 0 Å². The molecule has 0 bridgehead atoms. The maximum Gasteiger partial charge on any atom is 0.433 e. The second-order valence-corrected chi connectivity index (χ2v) is 3.28. The fraction of sp³-hybridized carbons (Fsp3) is 1.00. The molecule has 0 heterocycles. The van der Waals surface area contributed by atoms with E-state index in [1.807, 2.05) is 0 Å². The average molecular weight is 195 g/mol. The van der Waals surface area contributed by atoms with Crippen molar-refractivity contribution >= 4 is 10.1 Å². The molecule has 0 spiro atoms. The quantitative estimate of drug-likeness (QED) is 0.617. The minimum absolute atomic E-state index is 0.345. The lowest BCUT2D eigenvalue weighted by Gasteiger charge is -2.18. The van der Waals surface area contributed by atoms with Gasteiger partial charge in [-0.3, -0.25) is 0 Å². The molecule has 8 heteroatoms. The van der Waals surface area contributed by atoms with Crippen molar-refractivity contribution in [1.82, 2.24) is 0 Å². The van der Waals surface area contributed by atoms with Gasteiger partial charge in [0.15, 0.2) is 0 Å². The number of rotatable bonds is 2. The summed E-state index contributed by atoms with van der Waals surface area (Å²) in [5.74, 6) is -4.85. The molecule has 0 rings (SSSR count). The molecule has 0 aliphatic carbocycles. The van der Waals surface area contributed by atoms with Gasteiger partial charge >= 0.3 is 21.3 Å². The van der Waals surface area contributed by atoms with Crippen molar-refractivity contribution in [2.24, 2.45) is 0 Å². The molecule has 3 nitrogen and oxygen atoms in total. The van der Waals surface area contributed by atoms with Crippen LogP contribution in [0, 0.1) is 0 Å². The topological polar surface area (TPSA) is 54.0 Å². The molecule has 0 aliphatic rings. The van der Waals surface area contributed by atoms with Crippen molar-refractivity contribution in [1.29, 1.82) is 0 Å². The van der Waals surface area contributed by atoms with Gasteiger partial charge in [0, 0.05) is 6.92 Å². The number of hydrogen-bond donors (Lipinski definition) is 0. The van der Waals surface area contributed by atoms with Gasteiger partial charge in [0.1, 0.15) is 0 Å². The molecule has 11 heavy (non-hydrogen) atoms. The van der Waals surface area contributed by atoms with Crippen molar-refractivity contribution in [2.75, 3.05) is 0 Å². The second kappa shape index (κ2) is 2.31. The molecule has 0 amide bonds. The monoisotopic (exact) mass is 195 g/mol. The summed E-state index contributed by atoms with van der Waals surface area (Å²) in [5, 5.41) is -5.54. The Morgan fingerprint density at radius 3 is 1.36 bits per heavy atom. The van der Waals surface area contributed by atoms with Gasteiger partial charge in [0.25, 0.3) is 0 Å². The van der Waals surface area contributed by atoms with Crippen molar-refractivity contribution in [2.45, 2.75) is 18.1 Å². The van der Waals surface area contributed by atoms with E-state index in [-0.39, 0.29) is 6.92 Å². The minimum atomic E-state index is -6.29. The Morgan fingerprint density at radius 2 is 1.36 bits per heavy atom. The molecule has 0 N–H and O–H groups in total. The summed E-state index contributed by atoms with van der Waals surface area (Å²) in [6.07, 6.45) is 0. The molecule has 0 saturated heterocycles. The molecule has 0 saturated carbocycles. The molecule has 0 aromatic heterocycles. The molecule has 67 valence electrons. The summed E-state index contributed by atoms with van der Waals surface area (Å²) in [6, 6.07) is 0. The molecular weight excluding hydrogens is 192 g/mol. The fourth-order valence-electron chi connectivity index (χ4n) is 0.219. The van der Waals surface area contributed by atoms with Crippen LogP contribution >= 0.6 is 0 Å². The van der Waals surface area contributed by atoms with Crippen LogP contribution in [-0.2, 0) is 14.7 Å². The molecule has 0 fully saturated rings. The zero-order valence-corrected chi connectivity index (χ0v) is 5.96. The average Bonchev–Trinajstić information content (AvgIpc) is 1.58. The maximum absolute atomic E-state index is 11.8. The number of alkyl halides is 4. The van der Waals surface area contributed by atoms with Crippen molar-refractivity contribution in [3.8, 4) is 0 Å². The number of halogens is 4. The van der Waals surface area contributed by atoms with Gasteiger partial charge in [0.2, 0.25) is 0 Å². The van der Waals surface area contributed by atoms with Crippen molar-refractivity contribution < 1.29 is 30.5 Å². The smallest absolute Gasteiger partial charge is 0.199 e. The first kappa shape index (κ1) is 10.6. The maximum atomic E-state index is 11.8. The Morgan fingerprint density at radius 1 is 1.09 bits per heavy atom. The lowest BCUT2D eigenvalue weighted by atomic mass is 10.4. The molecule has 0 atom stereocenters. The van der Waals surface area contributed by atoms with E-state index >= 15 is 0 Å². The van der Waals surface area contributed by atoms with Gasteiger partial charge in [-0.25, -0.2) is 0 Å². The van der Waals surface area contributed by atoms with Crippen LogP contribution in [-0.4, -0.2) is 19.6 Å². The first-order valence-electron chi connectivity index (χ1n) is 2.21. The van der Waals surface area contributed by atoms with Gasteiger partial charge in [-0.2, -0.15) is 26.0 Å². The van der Waals surface area contributed by atoms with Crippen molar-refractivity contribution in [3.63, 3.8) is 0 Å². The van der Waals surface area contributed by atoms with E-state index in [1.165, 1.54) is 0 Å². The largest absolute Gasteiger partial charge is 0.433 e. The summed E-state index contributed by atoms with van der Waals surface area (Å²) in [5.41, 5.74) is 0. The normalized spacial score (nSPS) is 15.1. The summed E-state index contributed by atoms with van der Waals surface area (Å²) in [4.78, 5) is 0. The van der Waals surface area contributed by atoms with E-state index < -0.39 is 21.3 Å². The first-order valence-corrected chi connectivity index (χ1v) is 3.62. The van der Waals surface area contributed by atoms with E-state index in [2.05, 4.69) is 0 Å². The Hall–Kier alpha value is -0.370. The van der Waals surface area contributed by atoms with Gasteiger partial charge in [-0.1, -0.05) is 4.55 Å². The third-order valence-corrected chi connectivity index (χ3v) is 1.81. The Bertz CT molecular complexity index is 238. The van der Waals surface area contributed by atoms with E-state index in [9.17, 15) is 30.5 Å². The van der Waals surface area contributed by atoms with Crippen LogP contribution in [0.2, 0.25) is 0 Å². The summed E-state index contributed by atoms with van der Waals surface area (Å²) >= 11 is 0. The molecule has 0 aliphatic heterocycles. The van der Waals surface area contributed by atoms with E-state index in [0.29, 0.717) is 0 Å². The Labute approximate surface area is 59.8 Å². The predicted octanol–water partition coefficient (Wildman–Crippen LogP) is 0.995. The number of hydrogen-bond acceptors (Lipinski definition) is 2. The van der Waals surface area contributed by atoms with Crippen molar-refractivity contribution in [3.05, 3.63) is 0 Å². The van der Waals surface area contributed by atoms with Crippen LogP contribution in [0.1, 0.15) is 6.92 Å².